The van der Waals surface area contributed by atoms with Crippen molar-refractivity contribution in [3.8, 4) is 56.4 Å². The lowest BCUT2D eigenvalue weighted by Gasteiger charge is -2.08. The molecule has 16 aromatic rings. The van der Waals surface area contributed by atoms with E-state index in [0.29, 0.717) is 11.9 Å². The number of fused-ring (bicyclic) bond motifs is 12. The summed E-state index contributed by atoms with van der Waals surface area (Å²) in [5, 5.41) is 2.02. The van der Waals surface area contributed by atoms with E-state index in [1.165, 1.54) is 33.4 Å². The zero-order chi connectivity index (χ0) is 50.1. The molecule has 0 aliphatic carbocycles. The SMILES string of the molecule is c1ccc(-c2ccc(-c3ccc4c(c3)n3c5ccccc5nc3n4-c3ncc4ccccc4n3)cc2)cc1.c1ccc(-c2cccc(-c3ccc4c(c3)n3c5ccccc5nc3n4-c3ncc4ccccc4n3)c2)cc1. The Bertz CT molecular complexity index is 4880. The molecule has 0 atom stereocenters. The quantitative estimate of drug-likeness (QED) is 0.165. The average molecular weight is 975 g/mol. The molecule has 0 spiro atoms. The number of hydrogen-bond acceptors (Lipinski definition) is 6. The fourth-order valence-corrected chi connectivity index (χ4v) is 10.7. The van der Waals surface area contributed by atoms with Crippen LogP contribution >= 0.6 is 0 Å². The molecule has 0 radical (unpaired) electrons. The summed E-state index contributed by atoms with van der Waals surface area (Å²) in [4.78, 5) is 29.3. The topological polar surface area (TPSA) is 96.0 Å². The van der Waals surface area contributed by atoms with Gasteiger partial charge in [-0.2, -0.15) is 0 Å². The predicted octanol–water partition coefficient (Wildman–Crippen LogP) is 15.4. The number of rotatable bonds is 6. The second-order valence-corrected chi connectivity index (χ2v) is 18.9. The Balaban J connectivity index is 0.000000133. The summed E-state index contributed by atoms with van der Waals surface area (Å²) < 4.78 is 8.55. The highest BCUT2D eigenvalue weighted by Crippen LogP contribution is 2.35. The van der Waals surface area contributed by atoms with Gasteiger partial charge in [-0.15, -0.1) is 0 Å². The normalized spacial score (nSPS) is 11.7. The Labute approximate surface area is 434 Å². The molecule has 16 rings (SSSR count). The van der Waals surface area contributed by atoms with Crippen LogP contribution in [-0.2, 0) is 0 Å². The van der Waals surface area contributed by atoms with Gasteiger partial charge in [-0.05, 0) is 111 Å². The molecule has 0 N–H and O–H groups in total. The monoisotopic (exact) mass is 974 g/mol. The molecule has 0 amide bonds. The highest BCUT2D eigenvalue weighted by Gasteiger charge is 2.22. The maximum atomic E-state index is 5.01. The molecule has 6 aromatic heterocycles. The Morgan fingerprint density at radius 3 is 1.11 bits per heavy atom. The molecule has 10 nitrogen and oxygen atoms in total. The molecule has 0 saturated carbocycles. The van der Waals surface area contributed by atoms with E-state index >= 15 is 0 Å². The predicted molar refractivity (Wildman–Crippen MR) is 307 cm³/mol. The van der Waals surface area contributed by atoms with Gasteiger partial charge in [0.1, 0.15) is 0 Å². The van der Waals surface area contributed by atoms with Gasteiger partial charge < -0.3 is 0 Å². The van der Waals surface area contributed by atoms with Gasteiger partial charge in [0.05, 0.1) is 55.2 Å². The number of nitrogens with zero attached hydrogens (tertiary/aromatic N) is 10. The standard InChI is InChI=1S/2C33H21N5/c1-2-9-22(10-3-1)23-12-8-13-24(19-23)25-17-18-30-31(20-25)37-29-16-7-6-15-28(29)36-33(37)38(30)32-34-21-26-11-4-5-14-27(26)35-32;1-2-8-22(9-3-1)23-14-16-24(17-15-23)25-18-19-30-31(20-25)37-29-13-7-6-12-28(29)36-33(37)38(30)32-34-21-26-10-4-5-11-27(26)35-32/h2*1-21H. The second kappa shape index (κ2) is 17.6. The third-order valence-electron chi connectivity index (χ3n) is 14.4. The lowest BCUT2D eigenvalue weighted by atomic mass is 9.99. The third-order valence-corrected chi connectivity index (χ3v) is 14.4. The average Bonchev–Trinajstić information content (AvgIpc) is 4.25. The van der Waals surface area contributed by atoms with Gasteiger partial charge in [0.15, 0.2) is 0 Å². The van der Waals surface area contributed by atoms with E-state index in [4.69, 9.17) is 29.9 Å². The Hall–Kier alpha value is -10.6. The van der Waals surface area contributed by atoms with E-state index in [1.807, 2.05) is 97.3 Å². The minimum absolute atomic E-state index is 0.609. The van der Waals surface area contributed by atoms with Crippen LogP contribution in [-0.4, -0.2) is 47.8 Å². The molecule has 76 heavy (non-hydrogen) atoms. The van der Waals surface area contributed by atoms with E-state index < -0.39 is 0 Å². The van der Waals surface area contributed by atoms with Crippen LogP contribution in [0.4, 0.5) is 0 Å². The van der Waals surface area contributed by atoms with Crippen LogP contribution in [0.1, 0.15) is 0 Å². The summed E-state index contributed by atoms with van der Waals surface area (Å²) in [5.41, 5.74) is 19.4. The summed E-state index contributed by atoms with van der Waals surface area (Å²) in [6, 6.07) is 84.1. The molecule has 0 aliphatic rings. The fraction of sp³-hybridized carbons (Fsp3) is 0. The molecule has 356 valence electrons. The number of imidazole rings is 4. The molecular weight excluding hydrogens is 933 g/mol. The van der Waals surface area contributed by atoms with E-state index in [-0.39, 0.29) is 0 Å². The molecule has 0 bridgehead atoms. The van der Waals surface area contributed by atoms with Crippen LogP contribution < -0.4 is 0 Å². The van der Waals surface area contributed by atoms with E-state index in [1.54, 1.807) is 0 Å². The molecule has 6 heterocycles. The zero-order valence-electron chi connectivity index (χ0n) is 40.7. The number of hydrogen-bond donors (Lipinski definition) is 0. The van der Waals surface area contributed by atoms with Crippen molar-refractivity contribution in [3.05, 3.63) is 255 Å². The van der Waals surface area contributed by atoms with Crippen molar-refractivity contribution in [1.29, 1.82) is 0 Å². The first kappa shape index (κ1) is 43.0. The largest absolute Gasteiger partial charge is 0.276 e. The van der Waals surface area contributed by atoms with Gasteiger partial charge in [0.2, 0.25) is 23.5 Å². The minimum atomic E-state index is 0.609. The van der Waals surface area contributed by atoms with Crippen LogP contribution in [0, 0.1) is 0 Å². The van der Waals surface area contributed by atoms with Crippen LogP contribution in [0.2, 0.25) is 0 Å². The second-order valence-electron chi connectivity index (χ2n) is 18.9. The minimum Gasteiger partial charge on any atom is -0.276 e. The molecule has 0 fully saturated rings. The number of para-hydroxylation sites is 6. The van der Waals surface area contributed by atoms with Crippen molar-refractivity contribution >= 4 is 77.5 Å². The summed E-state index contributed by atoms with van der Waals surface area (Å²) >= 11 is 0. The summed E-state index contributed by atoms with van der Waals surface area (Å²) in [6.07, 6.45) is 3.76. The van der Waals surface area contributed by atoms with Crippen LogP contribution in [0.15, 0.2) is 255 Å². The third kappa shape index (κ3) is 7.19. The zero-order valence-corrected chi connectivity index (χ0v) is 40.7. The van der Waals surface area contributed by atoms with E-state index in [0.717, 1.165) is 88.6 Å². The fourth-order valence-electron chi connectivity index (χ4n) is 10.7. The van der Waals surface area contributed by atoms with E-state index in [9.17, 15) is 0 Å². The van der Waals surface area contributed by atoms with Crippen molar-refractivity contribution in [2.75, 3.05) is 0 Å². The molecule has 10 aromatic carbocycles. The van der Waals surface area contributed by atoms with Gasteiger partial charge in [0.25, 0.3) is 0 Å². The van der Waals surface area contributed by atoms with Gasteiger partial charge in [-0.25, -0.2) is 39.0 Å². The van der Waals surface area contributed by atoms with Crippen molar-refractivity contribution in [3.63, 3.8) is 0 Å². The lowest BCUT2D eigenvalue weighted by molar-refractivity contribution is 0.983. The molecule has 0 unspecified atom stereocenters. The highest BCUT2D eigenvalue weighted by molar-refractivity contribution is 5.96. The first-order valence-corrected chi connectivity index (χ1v) is 25.3. The van der Waals surface area contributed by atoms with Gasteiger partial charge >= 0.3 is 0 Å². The highest BCUT2D eigenvalue weighted by atomic mass is 15.3. The molecule has 0 saturated heterocycles. The Morgan fingerprint density at radius 1 is 0.237 bits per heavy atom. The van der Waals surface area contributed by atoms with Crippen LogP contribution in [0.5, 0.6) is 0 Å². The van der Waals surface area contributed by atoms with Gasteiger partial charge in [0, 0.05) is 23.2 Å². The van der Waals surface area contributed by atoms with Crippen molar-refractivity contribution in [1.82, 2.24) is 47.8 Å². The van der Waals surface area contributed by atoms with Crippen LogP contribution in [0.3, 0.4) is 0 Å². The number of aromatic nitrogens is 10. The van der Waals surface area contributed by atoms with Crippen LogP contribution in [0.25, 0.3) is 134 Å². The van der Waals surface area contributed by atoms with Gasteiger partial charge in [-0.1, -0.05) is 176 Å². The summed E-state index contributed by atoms with van der Waals surface area (Å²) in [5.74, 6) is 2.82. The summed E-state index contributed by atoms with van der Waals surface area (Å²) in [7, 11) is 0. The summed E-state index contributed by atoms with van der Waals surface area (Å²) in [6.45, 7) is 0. The van der Waals surface area contributed by atoms with Gasteiger partial charge in [-0.3, -0.25) is 8.80 Å². The number of benzene rings is 10. The van der Waals surface area contributed by atoms with Crippen molar-refractivity contribution < 1.29 is 0 Å². The molecular formula is C66H42N10. The van der Waals surface area contributed by atoms with Crippen molar-refractivity contribution in [2.24, 2.45) is 0 Å². The van der Waals surface area contributed by atoms with Crippen molar-refractivity contribution in [2.45, 2.75) is 0 Å². The van der Waals surface area contributed by atoms with E-state index in [2.05, 4.69) is 176 Å². The first-order chi connectivity index (χ1) is 37.7. The maximum Gasteiger partial charge on any atom is 0.237 e. The first-order valence-electron chi connectivity index (χ1n) is 25.3. The maximum absolute atomic E-state index is 5.01. The Kier molecular flexibility index (Phi) is 9.95. The molecule has 10 heteroatoms. The molecule has 0 aliphatic heterocycles. The Morgan fingerprint density at radius 2 is 0.592 bits per heavy atom. The smallest absolute Gasteiger partial charge is 0.237 e. The lowest BCUT2D eigenvalue weighted by Crippen LogP contribution is -2.01.